The Labute approximate surface area is 72.5 Å². The van der Waals surface area contributed by atoms with Crippen LogP contribution in [0.5, 0.6) is 0 Å². The van der Waals surface area contributed by atoms with Gasteiger partial charge in [0.05, 0.1) is 0 Å². The average Bonchev–Trinajstić information content (AvgIpc) is 1.62. The van der Waals surface area contributed by atoms with E-state index in [1.54, 1.807) is 0 Å². The Balaban J connectivity index is 3.88. The monoisotopic (exact) mass is 256 g/mol. The minimum atomic E-state index is -2.17. The van der Waals surface area contributed by atoms with Crippen LogP contribution >= 0.6 is 31.8 Å². The number of alkyl halides is 1. The maximum absolute atomic E-state index is 5.92. The van der Waals surface area contributed by atoms with Gasteiger partial charge in [-0.2, -0.15) is 0 Å². The number of hydrogen-bond donors (Lipinski definition) is 0. The zero-order valence-corrected chi connectivity index (χ0v) is 9.68. The van der Waals surface area contributed by atoms with Crippen LogP contribution in [0.4, 0.5) is 0 Å². The van der Waals surface area contributed by atoms with E-state index in [1.165, 1.54) is 0 Å². The molecule has 0 bridgehead atoms. The summed E-state index contributed by atoms with van der Waals surface area (Å²) in [4.78, 5) is 0.270. The van der Waals surface area contributed by atoms with Crippen LogP contribution in [-0.4, -0.2) is 16.4 Å². The summed E-state index contributed by atoms with van der Waals surface area (Å²) in [5, 5.41) is 0.0880. The fraction of sp³-hybridized carbons (Fsp3) is 1.00. The van der Waals surface area contributed by atoms with E-state index in [0.29, 0.717) is 0 Å². The van der Waals surface area contributed by atoms with E-state index in [9.17, 15) is 0 Å². The second kappa shape index (κ2) is 3.69. The van der Waals surface area contributed by atoms with Crippen molar-refractivity contribution in [2.24, 2.45) is 0 Å². The second-order valence-electron chi connectivity index (χ2n) is 2.16. The van der Waals surface area contributed by atoms with Crippen LogP contribution in [0.15, 0.2) is 0 Å². The molecule has 0 N–H and O–H groups in total. The molecule has 0 aliphatic carbocycles. The Morgan fingerprint density at radius 3 is 1.56 bits per heavy atom. The van der Waals surface area contributed by atoms with Crippen molar-refractivity contribution in [1.82, 2.24) is 0 Å². The van der Waals surface area contributed by atoms with Crippen LogP contribution in [0.3, 0.4) is 0 Å². The quantitative estimate of drug-likeness (QED) is 0.523. The molecule has 0 saturated carbocycles. The molecule has 0 unspecified atom stereocenters. The summed E-state index contributed by atoms with van der Waals surface area (Å²) in [5.74, 6) is 1.91. The summed E-state index contributed by atoms with van der Waals surface area (Å²) in [5.41, 5.74) is 0. The van der Waals surface area contributed by atoms with Crippen LogP contribution in [0.25, 0.3) is 0 Å². The molecule has 0 nitrogen and oxygen atoms in total. The Morgan fingerprint density at radius 1 is 1.22 bits per heavy atom. The van der Waals surface area contributed by atoms with Crippen molar-refractivity contribution in [2.75, 3.05) is 0 Å². The van der Waals surface area contributed by atoms with Crippen LogP contribution in [-0.2, 0) is 0 Å². The van der Waals surface area contributed by atoms with Crippen molar-refractivity contribution in [3.05, 3.63) is 0 Å². The van der Waals surface area contributed by atoms with Crippen LogP contribution in [0, 0.1) is 0 Å². The summed E-state index contributed by atoms with van der Waals surface area (Å²) >= 11 is 3.61. The summed E-state index contributed by atoms with van der Waals surface area (Å²) < 4.78 is 0. The van der Waals surface area contributed by atoms with E-state index in [4.69, 9.17) is 31.8 Å². The summed E-state index contributed by atoms with van der Waals surface area (Å²) in [7, 11) is 11.8. The molecule has 9 heavy (non-hydrogen) atoms. The second-order valence-corrected chi connectivity index (χ2v) is 15.2. The van der Waals surface area contributed by atoms with Crippen molar-refractivity contribution in [2.45, 2.75) is 29.9 Å². The Morgan fingerprint density at radius 2 is 1.56 bits per heavy atom. The molecule has 0 aromatic heterocycles. The van der Waals surface area contributed by atoms with Gasteiger partial charge in [-0.3, -0.25) is 0 Å². The van der Waals surface area contributed by atoms with E-state index < -0.39 is 11.0 Å². The molecule has 0 aromatic carbocycles. The van der Waals surface area contributed by atoms with E-state index in [1.807, 2.05) is 19.7 Å². The first-order valence-corrected chi connectivity index (χ1v) is 10.3. The topological polar surface area (TPSA) is 0 Å². The molecular weight excluding hydrogens is 245 g/mol. The number of rotatable bonds is 2. The molecule has 0 rings (SSSR count). The summed E-state index contributed by atoms with van der Waals surface area (Å²) in [6.07, 6.45) is 0. The van der Waals surface area contributed by atoms with E-state index >= 15 is 0 Å². The third-order valence-corrected chi connectivity index (χ3v) is 8.53. The molecule has 0 radical (unpaired) electrons. The van der Waals surface area contributed by atoms with Crippen molar-refractivity contribution < 1.29 is 0 Å². The first-order valence-electron chi connectivity index (χ1n) is 2.66. The normalized spacial score (nSPS) is 21.1. The predicted molar refractivity (Wildman–Crippen MR) is 48.1 cm³/mol. The Kier molecular flexibility index (Phi) is 4.26. The van der Waals surface area contributed by atoms with Gasteiger partial charge in [-0.1, -0.05) is 0 Å². The van der Waals surface area contributed by atoms with Crippen molar-refractivity contribution >= 4 is 42.8 Å². The molecule has 58 valence electrons. The number of hydrogen-bond acceptors (Lipinski definition) is 0. The third-order valence-electron chi connectivity index (χ3n) is 1.30. The van der Waals surface area contributed by atoms with Crippen LogP contribution in [0.1, 0.15) is 13.8 Å². The van der Waals surface area contributed by atoms with Gasteiger partial charge in [0.1, 0.15) is 0 Å². The molecule has 2 atom stereocenters. The maximum atomic E-state index is 5.92. The molecule has 0 saturated heterocycles. The van der Waals surface area contributed by atoms with Gasteiger partial charge in [-0.25, -0.2) is 0 Å². The van der Waals surface area contributed by atoms with E-state index in [-0.39, 0.29) is 10.2 Å². The predicted octanol–water partition coefficient (Wildman–Crippen LogP) is 3.55. The minimum absolute atomic E-state index is 0.0880. The average molecular weight is 256 g/mol. The van der Waals surface area contributed by atoms with E-state index in [0.717, 1.165) is 0 Å². The Bertz CT molecular complexity index is 86.7. The molecule has 0 fully saturated rings. The molecular formula is C5H11Cl3Se. The molecule has 0 aromatic rings. The van der Waals surface area contributed by atoms with Gasteiger partial charge in [0.25, 0.3) is 0 Å². The van der Waals surface area contributed by atoms with Crippen molar-refractivity contribution in [1.29, 1.82) is 0 Å². The van der Waals surface area contributed by atoms with Crippen molar-refractivity contribution in [3.63, 3.8) is 0 Å². The molecule has 0 aliphatic heterocycles. The molecule has 0 aliphatic rings. The van der Waals surface area contributed by atoms with Crippen LogP contribution in [0.2, 0.25) is 10.6 Å². The van der Waals surface area contributed by atoms with Crippen molar-refractivity contribution in [3.8, 4) is 0 Å². The summed E-state index contributed by atoms with van der Waals surface area (Å²) in [6.45, 7) is 3.92. The fourth-order valence-electron chi connectivity index (χ4n) is 0.329. The van der Waals surface area contributed by atoms with Gasteiger partial charge in [0.2, 0.25) is 0 Å². The zero-order chi connectivity index (χ0) is 7.65. The van der Waals surface area contributed by atoms with Gasteiger partial charge in [0.15, 0.2) is 0 Å². The van der Waals surface area contributed by atoms with Gasteiger partial charge in [-0.05, 0) is 0 Å². The zero-order valence-electron chi connectivity index (χ0n) is 5.70. The molecule has 0 heterocycles. The van der Waals surface area contributed by atoms with Crippen LogP contribution < -0.4 is 0 Å². The number of halogens is 3. The molecule has 0 amide bonds. The molecule has 0 spiro atoms. The fourth-order valence-corrected chi connectivity index (χ4v) is 4.93. The first kappa shape index (κ1) is 10.4. The SMILES string of the molecule is C[C@H]([C@@H](C)Cl)[Se](C)(Cl)Cl. The van der Waals surface area contributed by atoms with Gasteiger partial charge < -0.3 is 0 Å². The van der Waals surface area contributed by atoms with Gasteiger partial charge >= 0.3 is 72.7 Å². The van der Waals surface area contributed by atoms with E-state index in [2.05, 4.69) is 0 Å². The van der Waals surface area contributed by atoms with Gasteiger partial charge in [0, 0.05) is 0 Å². The first-order chi connectivity index (χ1) is 3.85. The van der Waals surface area contributed by atoms with Gasteiger partial charge in [-0.15, -0.1) is 0 Å². The summed E-state index contributed by atoms with van der Waals surface area (Å²) in [6, 6.07) is 0. The standard InChI is InChI=1S/C5H11Cl3Se/c1-4(6)5(2)9(3,7)8/h4-5H,1-3H3/t4-,5-/m1/s1. The Hall–Kier alpha value is 1.39. The molecule has 4 heteroatoms. The third kappa shape index (κ3) is 3.95.